The first-order valence-corrected chi connectivity index (χ1v) is 7.62. The zero-order chi connectivity index (χ0) is 17.7. The Balaban J connectivity index is 2.10. The van der Waals surface area contributed by atoms with Crippen LogP contribution in [0.2, 0.25) is 0 Å². The fourth-order valence-corrected chi connectivity index (χ4v) is 2.42. The fourth-order valence-electron chi connectivity index (χ4n) is 2.42. The van der Waals surface area contributed by atoms with Gasteiger partial charge in [0.25, 0.3) is 0 Å². The summed E-state index contributed by atoms with van der Waals surface area (Å²) < 4.78 is 0. The van der Waals surface area contributed by atoms with E-state index in [1.165, 1.54) is 0 Å². The molecule has 0 saturated carbocycles. The molecule has 128 valence electrons. The van der Waals surface area contributed by atoms with Gasteiger partial charge in [-0.3, -0.25) is 14.4 Å². The largest absolute Gasteiger partial charge is 0.480 e. The Bertz CT molecular complexity index is 686. The van der Waals surface area contributed by atoms with Crippen LogP contribution in [0.1, 0.15) is 31.7 Å². The number of hydrogen-bond acceptors (Lipinski definition) is 5. The van der Waals surface area contributed by atoms with E-state index < -0.39 is 12.0 Å². The summed E-state index contributed by atoms with van der Waals surface area (Å²) in [4.78, 5) is 34.1. The maximum absolute atomic E-state index is 12.0. The Morgan fingerprint density at radius 3 is 2.83 bits per heavy atom. The fraction of sp³-hybridized carbons (Fsp3) is 0.375. The second-order valence-electron chi connectivity index (χ2n) is 5.71. The summed E-state index contributed by atoms with van der Waals surface area (Å²) in [5.41, 5.74) is 9.82. The van der Waals surface area contributed by atoms with Gasteiger partial charge >= 0.3 is 5.97 Å². The second kappa shape index (κ2) is 7.69. The monoisotopic (exact) mass is 332 g/mol. The third-order valence-corrected chi connectivity index (χ3v) is 3.74. The lowest BCUT2D eigenvalue weighted by Crippen LogP contribution is -2.33. The van der Waals surface area contributed by atoms with Gasteiger partial charge in [0.05, 0.1) is 5.71 Å². The number of nitrogens with one attached hydrogen (secondary N) is 2. The molecule has 8 nitrogen and oxygen atoms in total. The van der Waals surface area contributed by atoms with Crippen molar-refractivity contribution in [2.24, 2.45) is 16.8 Å². The van der Waals surface area contributed by atoms with Crippen molar-refractivity contribution in [1.82, 2.24) is 5.43 Å². The molecular formula is C16H20N4O4. The third kappa shape index (κ3) is 4.39. The lowest BCUT2D eigenvalue weighted by atomic mass is 9.93. The van der Waals surface area contributed by atoms with Gasteiger partial charge in [0.1, 0.15) is 6.04 Å². The van der Waals surface area contributed by atoms with Crippen molar-refractivity contribution in [2.45, 2.75) is 32.2 Å². The molecule has 2 atom stereocenters. The Morgan fingerprint density at radius 2 is 2.17 bits per heavy atom. The van der Waals surface area contributed by atoms with Crippen LogP contribution in [0.5, 0.6) is 0 Å². The summed E-state index contributed by atoms with van der Waals surface area (Å²) in [7, 11) is 0. The molecule has 0 aromatic heterocycles. The van der Waals surface area contributed by atoms with Crippen LogP contribution in [0.4, 0.5) is 5.69 Å². The van der Waals surface area contributed by atoms with E-state index in [1.54, 1.807) is 12.1 Å². The zero-order valence-electron chi connectivity index (χ0n) is 13.3. The Hall–Kier alpha value is -2.74. The molecule has 8 heteroatoms. The quantitative estimate of drug-likeness (QED) is 0.607. The van der Waals surface area contributed by atoms with Crippen LogP contribution < -0.4 is 16.5 Å². The minimum atomic E-state index is -1.13. The van der Waals surface area contributed by atoms with Crippen LogP contribution in [0.3, 0.4) is 0 Å². The minimum absolute atomic E-state index is 0.000562. The highest BCUT2D eigenvalue weighted by Gasteiger charge is 2.24. The van der Waals surface area contributed by atoms with E-state index in [-0.39, 0.29) is 30.6 Å². The average Bonchev–Trinajstić information content (AvgIpc) is 2.53. The number of benzene rings is 1. The van der Waals surface area contributed by atoms with Gasteiger partial charge in [0, 0.05) is 30.0 Å². The number of carboxylic acid groups (broad SMARTS) is 1. The molecular weight excluding hydrogens is 312 g/mol. The summed E-state index contributed by atoms with van der Waals surface area (Å²) in [5.74, 6) is -1.68. The molecule has 0 radical (unpaired) electrons. The topological polar surface area (TPSA) is 134 Å². The number of hydrogen-bond donors (Lipinski definition) is 4. The molecule has 1 aromatic rings. The Labute approximate surface area is 139 Å². The first-order chi connectivity index (χ1) is 11.4. The summed E-state index contributed by atoms with van der Waals surface area (Å²) >= 11 is 0. The smallest absolute Gasteiger partial charge is 0.320 e. The number of amides is 2. The number of nitrogens with two attached hydrogens (primary N) is 1. The average molecular weight is 332 g/mol. The predicted molar refractivity (Wildman–Crippen MR) is 88.4 cm³/mol. The van der Waals surface area contributed by atoms with E-state index in [1.807, 2.05) is 19.1 Å². The maximum Gasteiger partial charge on any atom is 0.320 e. The van der Waals surface area contributed by atoms with Gasteiger partial charge in [-0.1, -0.05) is 25.1 Å². The van der Waals surface area contributed by atoms with Gasteiger partial charge < -0.3 is 16.2 Å². The highest BCUT2D eigenvalue weighted by molar-refractivity contribution is 6.11. The number of aliphatic carboxylic acids is 1. The number of nitrogens with zero attached hydrogens (tertiary/aromatic N) is 1. The third-order valence-electron chi connectivity index (χ3n) is 3.74. The molecule has 0 bridgehead atoms. The molecule has 1 aliphatic rings. The molecule has 0 saturated heterocycles. The van der Waals surface area contributed by atoms with Gasteiger partial charge in [-0.05, 0) is 12.5 Å². The van der Waals surface area contributed by atoms with Crippen molar-refractivity contribution >= 4 is 29.2 Å². The zero-order valence-corrected chi connectivity index (χ0v) is 13.3. The van der Waals surface area contributed by atoms with Crippen LogP contribution in [0.15, 0.2) is 29.4 Å². The molecule has 0 aliphatic carbocycles. The van der Waals surface area contributed by atoms with Crippen molar-refractivity contribution in [3.63, 3.8) is 0 Å². The van der Waals surface area contributed by atoms with Crippen LogP contribution in [-0.2, 0) is 14.4 Å². The molecule has 0 fully saturated rings. The molecule has 1 aromatic carbocycles. The highest BCUT2D eigenvalue weighted by Crippen LogP contribution is 2.23. The van der Waals surface area contributed by atoms with Crippen molar-refractivity contribution < 1.29 is 19.5 Å². The van der Waals surface area contributed by atoms with Crippen LogP contribution in [0, 0.1) is 5.92 Å². The van der Waals surface area contributed by atoms with Crippen LogP contribution in [0.25, 0.3) is 0 Å². The maximum atomic E-state index is 12.0. The summed E-state index contributed by atoms with van der Waals surface area (Å²) in [6.45, 7) is 1.89. The Morgan fingerprint density at radius 1 is 1.46 bits per heavy atom. The molecule has 1 unspecified atom stereocenters. The normalized spacial score (nSPS) is 18.3. The van der Waals surface area contributed by atoms with Gasteiger partial charge in [-0.2, -0.15) is 5.10 Å². The van der Waals surface area contributed by atoms with E-state index in [0.717, 1.165) is 5.56 Å². The molecule has 1 heterocycles. The number of hydrazone groups is 1. The van der Waals surface area contributed by atoms with Crippen molar-refractivity contribution in [3.8, 4) is 0 Å². The summed E-state index contributed by atoms with van der Waals surface area (Å²) in [5, 5.41) is 15.6. The summed E-state index contributed by atoms with van der Waals surface area (Å²) in [6, 6.07) is 6.07. The molecule has 0 spiro atoms. The first kappa shape index (κ1) is 17.6. The van der Waals surface area contributed by atoms with Crippen molar-refractivity contribution in [3.05, 3.63) is 29.8 Å². The molecule has 2 rings (SSSR count). The lowest BCUT2D eigenvalue weighted by molar-refractivity contribution is -0.138. The number of carbonyl (C=O) groups excluding carboxylic acids is 2. The Kier molecular flexibility index (Phi) is 5.64. The molecule has 1 aliphatic heterocycles. The molecule has 2 amide bonds. The number of para-hydroxylation sites is 1. The summed E-state index contributed by atoms with van der Waals surface area (Å²) in [6.07, 6.45) is 0.381. The molecule has 24 heavy (non-hydrogen) atoms. The standard InChI is InChI=1S/C16H20N4O4/c1-9-8-14(22)19-20-15(9)10-4-2-3-5-12(10)18-13(21)7-6-11(17)16(23)24/h2-5,9,11H,6-8,17H2,1H3,(H,18,21)(H,19,22)(H,23,24)/t9?,11-/m0/s1. The second-order valence-corrected chi connectivity index (χ2v) is 5.71. The minimum Gasteiger partial charge on any atom is -0.480 e. The van der Waals surface area contributed by atoms with Crippen molar-refractivity contribution in [1.29, 1.82) is 0 Å². The van der Waals surface area contributed by atoms with Crippen LogP contribution in [-0.4, -0.2) is 34.6 Å². The number of carbonyl (C=O) groups is 3. The van der Waals surface area contributed by atoms with Gasteiger partial charge in [0.15, 0.2) is 0 Å². The van der Waals surface area contributed by atoms with E-state index in [9.17, 15) is 14.4 Å². The first-order valence-electron chi connectivity index (χ1n) is 7.62. The van der Waals surface area contributed by atoms with E-state index >= 15 is 0 Å². The van der Waals surface area contributed by atoms with Gasteiger partial charge in [0.2, 0.25) is 11.8 Å². The van der Waals surface area contributed by atoms with Crippen molar-refractivity contribution in [2.75, 3.05) is 5.32 Å². The van der Waals surface area contributed by atoms with E-state index in [2.05, 4.69) is 15.8 Å². The molecule has 5 N–H and O–H groups in total. The predicted octanol–water partition coefficient (Wildman–Crippen LogP) is 0.677. The number of anilines is 1. The van der Waals surface area contributed by atoms with E-state index in [0.29, 0.717) is 17.8 Å². The van der Waals surface area contributed by atoms with Crippen LogP contribution >= 0.6 is 0 Å². The van der Waals surface area contributed by atoms with E-state index in [4.69, 9.17) is 10.8 Å². The lowest BCUT2D eigenvalue weighted by Gasteiger charge is -2.21. The van der Waals surface area contributed by atoms with Gasteiger partial charge in [-0.15, -0.1) is 0 Å². The SMILES string of the molecule is CC1CC(=O)NN=C1c1ccccc1NC(=O)CC[C@H](N)C(=O)O. The highest BCUT2D eigenvalue weighted by atomic mass is 16.4. The number of carboxylic acids is 1. The number of rotatable bonds is 6. The van der Waals surface area contributed by atoms with Gasteiger partial charge in [-0.25, -0.2) is 5.43 Å².